The molecule has 0 bridgehead atoms. The summed E-state index contributed by atoms with van der Waals surface area (Å²) in [4.78, 5) is 17.1. The predicted molar refractivity (Wildman–Crippen MR) is 102 cm³/mol. The second-order valence-corrected chi connectivity index (χ2v) is 7.10. The number of nitrogens with zero attached hydrogens (tertiary/aromatic N) is 1. The summed E-state index contributed by atoms with van der Waals surface area (Å²) in [5.41, 5.74) is 1.29. The van der Waals surface area contributed by atoms with Crippen molar-refractivity contribution in [2.75, 3.05) is 0 Å². The maximum absolute atomic E-state index is 12.8. The lowest BCUT2D eigenvalue weighted by atomic mass is 9.84. The number of amides is 1. The van der Waals surface area contributed by atoms with Crippen LogP contribution < -0.4 is 5.32 Å². The highest BCUT2D eigenvalue weighted by atomic mass is 32.1. The summed E-state index contributed by atoms with van der Waals surface area (Å²) in [6, 6.07) is 12.9. The van der Waals surface area contributed by atoms with Gasteiger partial charge in [-0.3, -0.25) is 9.78 Å². The van der Waals surface area contributed by atoms with Crippen molar-refractivity contribution < 1.29 is 9.90 Å². The van der Waals surface area contributed by atoms with Crippen LogP contribution in [0.1, 0.15) is 48.7 Å². The summed E-state index contributed by atoms with van der Waals surface area (Å²) in [5.74, 6) is -0.225. The van der Waals surface area contributed by atoms with Gasteiger partial charge in [0, 0.05) is 6.20 Å². The Morgan fingerprint density at radius 1 is 1.24 bits per heavy atom. The molecule has 2 N–H and O–H groups in total. The Labute approximate surface area is 151 Å². The van der Waals surface area contributed by atoms with Crippen molar-refractivity contribution in [2.45, 2.75) is 38.3 Å². The maximum Gasteiger partial charge on any atom is 0.253 e. The van der Waals surface area contributed by atoms with Crippen LogP contribution in [0.5, 0.6) is 0 Å². The van der Waals surface area contributed by atoms with Gasteiger partial charge in [0.25, 0.3) is 5.91 Å². The van der Waals surface area contributed by atoms with Crippen LogP contribution in [0.25, 0.3) is 10.2 Å². The number of carbonyl (C=O) groups is 1. The molecule has 0 fully saturated rings. The third-order valence-electron chi connectivity index (χ3n) is 4.74. The highest BCUT2D eigenvalue weighted by Crippen LogP contribution is 2.32. The molecule has 3 aromatic rings. The van der Waals surface area contributed by atoms with Gasteiger partial charge in [0.05, 0.1) is 27.4 Å². The largest absolute Gasteiger partial charge is 0.387 e. The SMILES string of the molecule is CCC(O)(CC)C(NC(=O)c1cnc2ccsc2c1)c1ccccc1. The number of benzene rings is 1. The van der Waals surface area contributed by atoms with E-state index in [-0.39, 0.29) is 5.91 Å². The number of rotatable bonds is 6. The van der Waals surface area contributed by atoms with Gasteiger partial charge < -0.3 is 10.4 Å². The van der Waals surface area contributed by atoms with Crippen molar-refractivity contribution in [1.82, 2.24) is 10.3 Å². The van der Waals surface area contributed by atoms with Crippen LogP contribution in [0.15, 0.2) is 54.0 Å². The minimum absolute atomic E-state index is 0.225. The van der Waals surface area contributed by atoms with E-state index < -0.39 is 11.6 Å². The first-order chi connectivity index (χ1) is 12.1. The molecule has 0 aliphatic carbocycles. The Hall–Kier alpha value is -2.24. The quantitative estimate of drug-likeness (QED) is 0.693. The lowest BCUT2D eigenvalue weighted by Gasteiger charge is -2.35. The van der Waals surface area contributed by atoms with Crippen molar-refractivity contribution >= 4 is 27.5 Å². The van der Waals surface area contributed by atoms with Crippen LogP contribution >= 0.6 is 11.3 Å². The fourth-order valence-electron chi connectivity index (χ4n) is 3.02. The molecular formula is C20H22N2O2S. The number of thiophene rings is 1. The summed E-state index contributed by atoms with van der Waals surface area (Å²) in [5, 5.41) is 16.0. The number of nitrogens with one attached hydrogen (secondary N) is 1. The zero-order valence-corrected chi connectivity index (χ0v) is 15.2. The fraction of sp³-hybridized carbons (Fsp3) is 0.300. The molecule has 0 aliphatic rings. The van der Waals surface area contributed by atoms with Gasteiger partial charge in [-0.2, -0.15) is 0 Å². The normalized spacial score (nSPS) is 12.9. The molecule has 3 rings (SSSR count). The smallest absolute Gasteiger partial charge is 0.253 e. The number of pyridine rings is 1. The minimum Gasteiger partial charge on any atom is -0.387 e. The highest BCUT2D eigenvalue weighted by molar-refractivity contribution is 7.17. The van der Waals surface area contributed by atoms with Crippen LogP contribution in [0.3, 0.4) is 0 Å². The molecule has 1 amide bonds. The van der Waals surface area contributed by atoms with E-state index in [1.54, 1.807) is 17.5 Å². The Bertz CT molecular complexity index is 856. The lowest BCUT2D eigenvalue weighted by Crippen LogP contribution is -2.45. The predicted octanol–water partition coefficient (Wildman–Crippen LogP) is 4.32. The van der Waals surface area contributed by atoms with E-state index in [1.165, 1.54) is 0 Å². The van der Waals surface area contributed by atoms with Gasteiger partial charge in [-0.05, 0) is 35.9 Å². The summed E-state index contributed by atoms with van der Waals surface area (Å²) < 4.78 is 0.977. The molecule has 1 unspecified atom stereocenters. The van der Waals surface area contributed by atoms with Crippen molar-refractivity contribution in [1.29, 1.82) is 0 Å². The molecule has 5 heteroatoms. The van der Waals surface area contributed by atoms with E-state index in [0.717, 1.165) is 15.8 Å². The molecule has 130 valence electrons. The molecule has 2 heterocycles. The summed E-state index contributed by atoms with van der Waals surface area (Å²) in [6.45, 7) is 3.87. The van der Waals surface area contributed by atoms with Crippen LogP contribution in [0.4, 0.5) is 0 Å². The summed E-state index contributed by atoms with van der Waals surface area (Å²) >= 11 is 1.56. The fourth-order valence-corrected chi connectivity index (χ4v) is 3.80. The van der Waals surface area contributed by atoms with E-state index in [1.807, 2.05) is 61.7 Å². The molecular weight excluding hydrogens is 332 g/mol. The Balaban J connectivity index is 1.92. The molecule has 0 saturated heterocycles. The van der Waals surface area contributed by atoms with Gasteiger partial charge in [0.2, 0.25) is 0 Å². The number of hydrogen-bond acceptors (Lipinski definition) is 4. The lowest BCUT2D eigenvalue weighted by molar-refractivity contribution is -0.00600. The van der Waals surface area contributed by atoms with E-state index in [9.17, 15) is 9.90 Å². The molecule has 1 atom stereocenters. The third kappa shape index (κ3) is 3.57. The number of aliphatic hydroxyl groups is 1. The topological polar surface area (TPSA) is 62.2 Å². The van der Waals surface area contributed by atoms with E-state index in [4.69, 9.17) is 0 Å². The third-order valence-corrected chi connectivity index (χ3v) is 5.59. The van der Waals surface area contributed by atoms with Crippen LogP contribution in [0.2, 0.25) is 0 Å². The minimum atomic E-state index is -1.00. The first-order valence-electron chi connectivity index (χ1n) is 8.49. The van der Waals surface area contributed by atoms with E-state index in [2.05, 4.69) is 10.3 Å². The second-order valence-electron chi connectivity index (χ2n) is 6.16. The van der Waals surface area contributed by atoms with Gasteiger partial charge in [-0.1, -0.05) is 44.2 Å². The van der Waals surface area contributed by atoms with Crippen LogP contribution in [0, 0.1) is 0 Å². The molecule has 25 heavy (non-hydrogen) atoms. The standard InChI is InChI=1S/C20H22N2O2S/c1-3-20(24,4-2)18(14-8-6-5-7-9-14)22-19(23)15-12-17-16(21-13-15)10-11-25-17/h5-13,18,24H,3-4H2,1-2H3,(H,22,23). The number of hydrogen-bond donors (Lipinski definition) is 2. The van der Waals surface area contributed by atoms with E-state index in [0.29, 0.717) is 18.4 Å². The van der Waals surface area contributed by atoms with Crippen molar-refractivity contribution in [3.8, 4) is 0 Å². The maximum atomic E-state index is 12.8. The first kappa shape index (κ1) is 17.6. The van der Waals surface area contributed by atoms with Crippen LogP contribution in [-0.2, 0) is 0 Å². The molecule has 1 aromatic carbocycles. The Morgan fingerprint density at radius 3 is 2.64 bits per heavy atom. The monoisotopic (exact) mass is 354 g/mol. The number of fused-ring (bicyclic) bond motifs is 1. The van der Waals surface area contributed by atoms with E-state index >= 15 is 0 Å². The molecule has 0 aliphatic heterocycles. The van der Waals surface area contributed by atoms with Gasteiger partial charge in [0.1, 0.15) is 0 Å². The summed E-state index contributed by atoms with van der Waals surface area (Å²) in [6.07, 6.45) is 2.68. The van der Waals surface area contributed by atoms with Crippen molar-refractivity contribution in [3.05, 3.63) is 65.2 Å². The number of aromatic nitrogens is 1. The van der Waals surface area contributed by atoms with Gasteiger partial charge >= 0.3 is 0 Å². The van der Waals surface area contributed by atoms with Gasteiger partial charge in [-0.25, -0.2) is 0 Å². The van der Waals surface area contributed by atoms with Gasteiger partial charge in [0.15, 0.2) is 0 Å². The van der Waals surface area contributed by atoms with Crippen molar-refractivity contribution in [3.63, 3.8) is 0 Å². The number of carbonyl (C=O) groups excluding carboxylic acids is 1. The molecule has 4 nitrogen and oxygen atoms in total. The Morgan fingerprint density at radius 2 is 1.96 bits per heavy atom. The molecule has 0 radical (unpaired) electrons. The van der Waals surface area contributed by atoms with Crippen molar-refractivity contribution in [2.24, 2.45) is 0 Å². The zero-order chi connectivity index (χ0) is 17.9. The zero-order valence-electron chi connectivity index (χ0n) is 14.4. The summed E-state index contributed by atoms with van der Waals surface area (Å²) in [7, 11) is 0. The van der Waals surface area contributed by atoms with Gasteiger partial charge in [-0.15, -0.1) is 11.3 Å². The molecule has 0 spiro atoms. The average Bonchev–Trinajstić information content (AvgIpc) is 3.13. The molecule has 2 aromatic heterocycles. The highest BCUT2D eigenvalue weighted by Gasteiger charge is 2.35. The molecule has 0 saturated carbocycles. The Kier molecular flexibility index (Phi) is 5.16. The first-order valence-corrected chi connectivity index (χ1v) is 9.37. The van der Waals surface area contributed by atoms with Crippen LogP contribution in [-0.4, -0.2) is 21.6 Å². The average molecular weight is 354 g/mol. The second kappa shape index (κ2) is 7.33.